The summed E-state index contributed by atoms with van der Waals surface area (Å²) in [6.07, 6.45) is 8.14. The molecule has 0 amide bonds. The maximum Gasteiger partial charge on any atom is 0.0655 e. The zero-order valence-electron chi connectivity index (χ0n) is 15.2. The molecule has 1 heteroatoms. The Balaban J connectivity index is 1.61. The number of aryl methyl sites for hydroxylation is 1. The van der Waals surface area contributed by atoms with Crippen LogP contribution in [0.5, 0.6) is 0 Å². The van der Waals surface area contributed by atoms with Crippen molar-refractivity contribution >= 4 is 0 Å². The quantitative estimate of drug-likeness (QED) is 0.484. The van der Waals surface area contributed by atoms with Crippen molar-refractivity contribution in [1.29, 1.82) is 5.26 Å². The molecule has 2 aromatic rings. The van der Waals surface area contributed by atoms with Crippen molar-refractivity contribution in [2.45, 2.75) is 38.5 Å². The van der Waals surface area contributed by atoms with Gasteiger partial charge in [0, 0.05) is 17.4 Å². The standard InChI is InChI=1S/C25H25N/c1-2-3-4-20-11-15-24(16-12-20)25-17-13-22(14-18-25)6-5-21-7-9-23(19-26)10-8-21/h2,11-18,21,23H,1,3-4,7-10H2/t21-,23-. The van der Waals surface area contributed by atoms with Gasteiger partial charge < -0.3 is 0 Å². The van der Waals surface area contributed by atoms with E-state index >= 15 is 0 Å². The lowest BCUT2D eigenvalue weighted by Crippen LogP contribution is -2.11. The van der Waals surface area contributed by atoms with Gasteiger partial charge in [-0.25, -0.2) is 0 Å². The molecule has 26 heavy (non-hydrogen) atoms. The van der Waals surface area contributed by atoms with E-state index in [2.05, 4.69) is 73.0 Å². The third-order valence-corrected chi connectivity index (χ3v) is 5.14. The van der Waals surface area contributed by atoms with Crippen LogP contribution in [0.15, 0.2) is 61.2 Å². The highest BCUT2D eigenvalue weighted by Crippen LogP contribution is 2.28. The molecule has 1 fully saturated rings. The molecule has 1 saturated carbocycles. The van der Waals surface area contributed by atoms with Gasteiger partial charge in [-0.1, -0.05) is 54.3 Å². The van der Waals surface area contributed by atoms with E-state index in [0.29, 0.717) is 5.92 Å². The van der Waals surface area contributed by atoms with E-state index in [0.717, 1.165) is 44.1 Å². The van der Waals surface area contributed by atoms with Crippen LogP contribution in [0.4, 0.5) is 0 Å². The highest BCUT2D eigenvalue weighted by molar-refractivity contribution is 5.64. The van der Waals surface area contributed by atoms with Crippen molar-refractivity contribution < 1.29 is 0 Å². The van der Waals surface area contributed by atoms with Crippen LogP contribution in [-0.4, -0.2) is 0 Å². The van der Waals surface area contributed by atoms with Crippen molar-refractivity contribution in [2.24, 2.45) is 11.8 Å². The molecule has 0 aliphatic heterocycles. The SMILES string of the molecule is C=CCCc1ccc(-c2ccc(C#C[C@H]3CC[C@H](C#N)CC3)cc2)cc1. The molecule has 0 saturated heterocycles. The monoisotopic (exact) mass is 339 g/mol. The molecular weight excluding hydrogens is 314 g/mol. The molecule has 0 unspecified atom stereocenters. The maximum absolute atomic E-state index is 8.97. The Bertz CT molecular complexity index is 817. The molecule has 0 heterocycles. The largest absolute Gasteiger partial charge is 0.198 e. The van der Waals surface area contributed by atoms with Gasteiger partial charge in [0.05, 0.1) is 6.07 Å². The smallest absolute Gasteiger partial charge is 0.0655 e. The first-order valence-corrected chi connectivity index (χ1v) is 9.50. The van der Waals surface area contributed by atoms with Crippen molar-refractivity contribution in [3.8, 4) is 29.0 Å². The molecule has 1 aliphatic carbocycles. The average molecular weight is 339 g/mol. The van der Waals surface area contributed by atoms with Crippen LogP contribution in [-0.2, 0) is 6.42 Å². The fraction of sp³-hybridized carbons (Fsp3) is 0.320. The third kappa shape index (κ3) is 4.87. The van der Waals surface area contributed by atoms with Crippen LogP contribution in [0.1, 0.15) is 43.2 Å². The second-order valence-corrected chi connectivity index (χ2v) is 7.05. The van der Waals surface area contributed by atoms with Gasteiger partial charge in [-0.15, -0.1) is 6.58 Å². The predicted octanol–water partition coefficient (Wildman–Crippen LogP) is 6.15. The summed E-state index contributed by atoms with van der Waals surface area (Å²) in [6, 6.07) is 19.7. The molecule has 0 aromatic heterocycles. The van der Waals surface area contributed by atoms with Gasteiger partial charge in [0.2, 0.25) is 0 Å². The van der Waals surface area contributed by atoms with E-state index in [-0.39, 0.29) is 5.92 Å². The molecule has 0 spiro atoms. The number of hydrogen-bond acceptors (Lipinski definition) is 1. The molecule has 0 N–H and O–H groups in total. The number of benzene rings is 2. The lowest BCUT2D eigenvalue weighted by Gasteiger charge is -2.20. The van der Waals surface area contributed by atoms with Crippen molar-refractivity contribution in [2.75, 3.05) is 0 Å². The van der Waals surface area contributed by atoms with Crippen molar-refractivity contribution in [3.63, 3.8) is 0 Å². The number of nitriles is 1. The van der Waals surface area contributed by atoms with Gasteiger partial charge in [0.25, 0.3) is 0 Å². The average Bonchev–Trinajstić information content (AvgIpc) is 2.72. The van der Waals surface area contributed by atoms with Crippen molar-refractivity contribution in [1.82, 2.24) is 0 Å². The Kier molecular flexibility index (Phi) is 6.29. The summed E-state index contributed by atoms with van der Waals surface area (Å²) in [6.45, 7) is 3.78. The van der Waals surface area contributed by atoms with E-state index in [9.17, 15) is 0 Å². The van der Waals surface area contributed by atoms with Crippen LogP contribution in [0.3, 0.4) is 0 Å². The first-order valence-electron chi connectivity index (χ1n) is 9.50. The Morgan fingerprint density at radius 1 is 0.885 bits per heavy atom. The Morgan fingerprint density at radius 2 is 1.46 bits per heavy atom. The van der Waals surface area contributed by atoms with Gasteiger partial charge in [-0.3, -0.25) is 0 Å². The lowest BCUT2D eigenvalue weighted by molar-refractivity contribution is 0.371. The molecular formula is C25H25N. The lowest BCUT2D eigenvalue weighted by atomic mass is 9.83. The Labute approximate surface area is 157 Å². The number of nitrogens with zero attached hydrogens (tertiary/aromatic N) is 1. The maximum atomic E-state index is 8.97. The molecule has 0 radical (unpaired) electrons. The minimum Gasteiger partial charge on any atom is -0.198 e. The summed E-state index contributed by atoms with van der Waals surface area (Å²) in [5.74, 6) is 7.41. The molecule has 1 aliphatic rings. The van der Waals surface area contributed by atoms with Gasteiger partial charge in [0.1, 0.15) is 0 Å². The Morgan fingerprint density at radius 3 is 2.04 bits per heavy atom. The minimum absolute atomic E-state index is 0.246. The molecule has 0 bridgehead atoms. The van der Waals surface area contributed by atoms with E-state index in [1.54, 1.807) is 0 Å². The van der Waals surface area contributed by atoms with Crippen LogP contribution < -0.4 is 0 Å². The molecule has 130 valence electrons. The van der Waals surface area contributed by atoms with Gasteiger partial charge in [0.15, 0.2) is 0 Å². The summed E-state index contributed by atoms with van der Waals surface area (Å²) in [5.41, 5.74) is 4.88. The summed E-state index contributed by atoms with van der Waals surface area (Å²) in [7, 11) is 0. The molecule has 0 atom stereocenters. The highest BCUT2D eigenvalue weighted by Gasteiger charge is 2.18. The van der Waals surface area contributed by atoms with Gasteiger partial charge >= 0.3 is 0 Å². The van der Waals surface area contributed by atoms with Crippen LogP contribution in [0.25, 0.3) is 11.1 Å². The van der Waals surface area contributed by atoms with Crippen LogP contribution >= 0.6 is 0 Å². The van der Waals surface area contributed by atoms with Crippen LogP contribution in [0, 0.1) is 35.0 Å². The number of rotatable bonds is 4. The van der Waals surface area contributed by atoms with Gasteiger partial charge in [-0.2, -0.15) is 5.26 Å². The predicted molar refractivity (Wildman–Crippen MR) is 108 cm³/mol. The van der Waals surface area contributed by atoms with E-state index < -0.39 is 0 Å². The number of allylic oxidation sites excluding steroid dienone is 1. The minimum atomic E-state index is 0.246. The summed E-state index contributed by atoms with van der Waals surface area (Å²) in [4.78, 5) is 0. The van der Waals surface area contributed by atoms with E-state index in [1.807, 2.05) is 6.08 Å². The molecule has 3 rings (SSSR count). The number of hydrogen-bond donors (Lipinski definition) is 0. The van der Waals surface area contributed by atoms with E-state index in [1.165, 1.54) is 16.7 Å². The van der Waals surface area contributed by atoms with Gasteiger partial charge in [-0.05, 0) is 67.3 Å². The first-order chi connectivity index (χ1) is 12.8. The summed E-state index contributed by atoms with van der Waals surface area (Å²) < 4.78 is 0. The fourth-order valence-electron chi connectivity index (χ4n) is 3.43. The second kappa shape index (κ2) is 9.07. The molecule has 2 aromatic carbocycles. The van der Waals surface area contributed by atoms with Crippen LogP contribution in [0.2, 0.25) is 0 Å². The topological polar surface area (TPSA) is 23.8 Å². The normalized spacial score (nSPS) is 19.0. The highest BCUT2D eigenvalue weighted by atomic mass is 14.3. The summed E-state index contributed by atoms with van der Waals surface area (Å²) in [5, 5.41) is 8.97. The Hall–Kier alpha value is -2.77. The summed E-state index contributed by atoms with van der Waals surface area (Å²) >= 11 is 0. The first kappa shape index (κ1) is 18.0. The van der Waals surface area contributed by atoms with Crippen molar-refractivity contribution in [3.05, 3.63) is 72.3 Å². The second-order valence-electron chi connectivity index (χ2n) is 7.05. The van der Waals surface area contributed by atoms with E-state index in [4.69, 9.17) is 5.26 Å². The zero-order chi connectivity index (χ0) is 18.2. The molecule has 1 nitrogen and oxygen atoms in total. The zero-order valence-corrected chi connectivity index (χ0v) is 15.2. The third-order valence-electron chi connectivity index (χ3n) is 5.14. The fourth-order valence-corrected chi connectivity index (χ4v) is 3.43.